The molecule has 5 nitrogen and oxygen atoms in total. The van der Waals surface area contributed by atoms with E-state index in [1.54, 1.807) is 6.20 Å². The predicted molar refractivity (Wildman–Crippen MR) is 88.3 cm³/mol. The van der Waals surface area contributed by atoms with Crippen molar-refractivity contribution in [2.75, 3.05) is 38.1 Å². The van der Waals surface area contributed by atoms with E-state index in [4.69, 9.17) is 0 Å². The molecule has 3 rings (SSSR count). The first-order valence-corrected chi connectivity index (χ1v) is 8.43. The van der Waals surface area contributed by atoms with E-state index in [0.29, 0.717) is 11.7 Å². The SMILES string of the molecule is CN1CCN(c2ccnc(C(=O)NC3CCCCC3)c2)CC1. The minimum atomic E-state index is -0.0251. The molecule has 120 valence electrons. The van der Waals surface area contributed by atoms with Gasteiger partial charge in [-0.3, -0.25) is 9.78 Å². The van der Waals surface area contributed by atoms with Crippen LogP contribution in [0, 0.1) is 0 Å². The second-order valence-corrected chi connectivity index (χ2v) is 6.50. The fourth-order valence-electron chi connectivity index (χ4n) is 3.31. The van der Waals surface area contributed by atoms with Crippen LogP contribution >= 0.6 is 0 Å². The van der Waals surface area contributed by atoms with E-state index in [0.717, 1.165) is 44.7 Å². The number of nitrogens with one attached hydrogen (secondary N) is 1. The fourth-order valence-corrected chi connectivity index (χ4v) is 3.31. The molecule has 1 amide bonds. The van der Waals surface area contributed by atoms with Gasteiger partial charge in [-0.2, -0.15) is 0 Å². The van der Waals surface area contributed by atoms with Crippen LogP contribution in [-0.4, -0.2) is 55.1 Å². The highest BCUT2D eigenvalue weighted by Gasteiger charge is 2.19. The molecule has 0 unspecified atom stereocenters. The summed E-state index contributed by atoms with van der Waals surface area (Å²) in [6.45, 7) is 4.13. The van der Waals surface area contributed by atoms with Crippen molar-refractivity contribution >= 4 is 11.6 Å². The standard InChI is InChI=1S/C17H26N4O/c1-20-9-11-21(12-10-20)15-7-8-18-16(13-15)17(22)19-14-5-3-2-4-6-14/h7-8,13-14H,2-6,9-12H2,1H3,(H,19,22). The molecule has 1 aromatic rings. The number of likely N-dealkylation sites (N-methyl/N-ethyl adjacent to an activating group) is 1. The Morgan fingerprint density at radius 3 is 2.64 bits per heavy atom. The van der Waals surface area contributed by atoms with Crippen LogP contribution in [-0.2, 0) is 0 Å². The van der Waals surface area contributed by atoms with Crippen molar-refractivity contribution in [3.8, 4) is 0 Å². The minimum absolute atomic E-state index is 0.0251. The predicted octanol–water partition coefficient (Wildman–Crippen LogP) is 1.90. The Balaban J connectivity index is 1.63. The number of carbonyl (C=O) groups excluding carboxylic acids is 1. The number of nitrogens with zero attached hydrogens (tertiary/aromatic N) is 3. The Bertz CT molecular complexity index is 505. The van der Waals surface area contributed by atoms with Gasteiger partial charge in [0.2, 0.25) is 0 Å². The van der Waals surface area contributed by atoms with Gasteiger partial charge < -0.3 is 15.1 Å². The van der Waals surface area contributed by atoms with E-state index in [2.05, 4.69) is 27.1 Å². The van der Waals surface area contributed by atoms with Gasteiger partial charge in [0, 0.05) is 44.1 Å². The lowest BCUT2D eigenvalue weighted by Gasteiger charge is -2.34. The molecule has 22 heavy (non-hydrogen) atoms. The zero-order chi connectivity index (χ0) is 15.4. The van der Waals surface area contributed by atoms with Crippen LogP contribution in [0.15, 0.2) is 18.3 Å². The smallest absolute Gasteiger partial charge is 0.270 e. The second kappa shape index (κ2) is 7.09. The molecule has 1 aliphatic carbocycles. The highest BCUT2D eigenvalue weighted by atomic mass is 16.1. The van der Waals surface area contributed by atoms with Gasteiger partial charge in [-0.15, -0.1) is 0 Å². The lowest BCUT2D eigenvalue weighted by atomic mass is 9.95. The van der Waals surface area contributed by atoms with E-state index in [-0.39, 0.29) is 5.91 Å². The van der Waals surface area contributed by atoms with Gasteiger partial charge in [-0.1, -0.05) is 19.3 Å². The molecule has 1 saturated carbocycles. The maximum Gasteiger partial charge on any atom is 0.270 e. The summed E-state index contributed by atoms with van der Waals surface area (Å²) in [6, 6.07) is 4.27. The van der Waals surface area contributed by atoms with E-state index in [1.807, 2.05) is 12.1 Å². The number of rotatable bonds is 3. The van der Waals surface area contributed by atoms with E-state index in [9.17, 15) is 4.79 Å². The van der Waals surface area contributed by atoms with E-state index in [1.165, 1.54) is 19.3 Å². The third-order valence-corrected chi connectivity index (χ3v) is 4.78. The first-order valence-electron chi connectivity index (χ1n) is 8.43. The summed E-state index contributed by atoms with van der Waals surface area (Å²) in [5, 5.41) is 3.14. The van der Waals surface area contributed by atoms with Gasteiger partial charge in [0.05, 0.1) is 0 Å². The molecule has 0 bridgehead atoms. The van der Waals surface area contributed by atoms with Gasteiger partial charge in [0.1, 0.15) is 5.69 Å². The summed E-state index contributed by atoms with van der Waals surface area (Å²) in [5.41, 5.74) is 1.65. The molecular formula is C17H26N4O. The van der Waals surface area contributed by atoms with Crippen molar-refractivity contribution in [1.82, 2.24) is 15.2 Å². The maximum absolute atomic E-state index is 12.4. The Labute approximate surface area is 132 Å². The zero-order valence-electron chi connectivity index (χ0n) is 13.4. The Kier molecular flexibility index (Phi) is 4.93. The molecule has 1 saturated heterocycles. The molecule has 1 aliphatic heterocycles. The average Bonchev–Trinajstić information content (AvgIpc) is 2.56. The summed E-state index contributed by atoms with van der Waals surface area (Å²) >= 11 is 0. The summed E-state index contributed by atoms with van der Waals surface area (Å²) in [5.74, 6) is -0.0251. The van der Waals surface area contributed by atoms with Crippen LogP contribution in [0.1, 0.15) is 42.6 Å². The number of amides is 1. The molecular weight excluding hydrogens is 276 g/mol. The van der Waals surface area contributed by atoms with E-state index < -0.39 is 0 Å². The Morgan fingerprint density at radius 2 is 1.91 bits per heavy atom. The molecule has 2 aliphatic rings. The molecule has 1 aromatic heterocycles. The normalized spacial score (nSPS) is 20.9. The Hall–Kier alpha value is -1.62. The first-order chi connectivity index (χ1) is 10.7. The largest absolute Gasteiger partial charge is 0.369 e. The summed E-state index contributed by atoms with van der Waals surface area (Å²) in [7, 11) is 2.15. The van der Waals surface area contributed by atoms with Crippen molar-refractivity contribution in [3.05, 3.63) is 24.0 Å². The molecule has 2 fully saturated rings. The number of pyridine rings is 1. The van der Waals surface area contributed by atoms with Crippen molar-refractivity contribution in [1.29, 1.82) is 0 Å². The number of hydrogen-bond donors (Lipinski definition) is 1. The number of anilines is 1. The molecule has 0 atom stereocenters. The molecule has 5 heteroatoms. The number of aromatic nitrogens is 1. The molecule has 0 radical (unpaired) electrons. The fraction of sp³-hybridized carbons (Fsp3) is 0.647. The lowest BCUT2D eigenvalue weighted by Crippen LogP contribution is -2.44. The molecule has 0 spiro atoms. The third-order valence-electron chi connectivity index (χ3n) is 4.78. The van der Waals surface area contributed by atoms with Crippen molar-refractivity contribution in [2.45, 2.75) is 38.1 Å². The molecule has 1 N–H and O–H groups in total. The quantitative estimate of drug-likeness (QED) is 0.926. The van der Waals surface area contributed by atoms with Crippen LogP contribution in [0.3, 0.4) is 0 Å². The van der Waals surface area contributed by atoms with Gasteiger partial charge in [0.15, 0.2) is 0 Å². The number of piperazine rings is 1. The van der Waals surface area contributed by atoms with Crippen molar-refractivity contribution in [3.63, 3.8) is 0 Å². The summed E-state index contributed by atoms with van der Waals surface area (Å²) in [4.78, 5) is 21.3. The van der Waals surface area contributed by atoms with E-state index >= 15 is 0 Å². The first kappa shape index (κ1) is 15.3. The lowest BCUT2D eigenvalue weighted by molar-refractivity contribution is 0.0922. The maximum atomic E-state index is 12.4. The van der Waals surface area contributed by atoms with Crippen molar-refractivity contribution < 1.29 is 4.79 Å². The number of hydrogen-bond acceptors (Lipinski definition) is 4. The van der Waals surface area contributed by atoms with Gasteiger partial charge in [0.25, 0.3) is 5.91 Å². The van der Waals surface area contributed by atoms with Crippen LogP contribution < -0.4 is 10.2 Å². The van der Waals surface area contributed by atoms with Crippen LogP contribution in [0.25, 0.3) is 0 Å². The van der Waals surface area contributed by atoms with Gasteiger partial charge in [-0.25, -0.2) is 0 Å². The topological polar surface area (TPSA) is 48.5 Å². The summed E-state index contributed by atoms with van der Waals surface area (Å²) in [6.07, 6.45) is 7.69. The monoisotopic (exact) mass is 302 g/mol. The Morgan fingerprint density at radius 1 is 1.18 bits per heavy atom. The third kappa shape index (κ3) is 3.77. The van der Waals surface area contributed by atoms with Crippen LogP contribution in [0.2, 0.25) is 0 Å². The second-order valence-electron chi connectivity index (χ2n) is 6.50. The van der Waals surface area contributed by atoms with Crippen LogP contribution in [0.4, 0.5) is 5.69 Å². The molecule has 2 heterocycles. The minimum Gasteiger partial charge on any atom is -0.369 e. The zero-order valence-corrected chi connectivity index (χ0v) is 13.4. The highest BCUT2D eigenvalue weighted by molar-refractivity contribution is 5.93. The molecule has 0 aromatic carbocycles. The average molecular weight is 302 g/mol. The van der Waals surface area contributed by atoms with Gasteiger partial charge >= 0.3 is 0 Å². The number of carbonyl (C=O) groups is 1. The van der Waals surface area contributed by atoms with Gasteiger partial charge in [-0.05, 0) is 32.0 Å². The van der Waals surface area contributed by atoms with Crippen LogP contribution in [0.5, 0.6) is 0 Å². The van der Waals surface area contributed by atoms with Crippen molar-refractivity contribution in [2.24, 2.45) is 0 Å². The highest BCUT2D eigenvalue weighted by Crippen LogP contribution is 2.19. The summed E-state index contributed by atoms with van der Waals surface area (Å²) < 4.78 is 0.